The van der Waals surface area contributed by atoms with Crippen molar-refractivity contribution in [3.63, 3.8) is 0 Å². The Kier molecular flexibility index (Phi) is 27.9. The van der Waals surface area contributed by atoms with Gasteiger partial charge in [0.25, 0.3) is 0 Å². The minimum atomic E-state index is -1.70. The van der Waals surface area contributed by atoms with Crippen molar-refractivity contribution in [1.29, 1.82) is 0 Å². The predicted molar refractivity (Wildman–Crippen MR) is 166 cm³/mol. The average molecular weight is 641 g/mol. The Labute approximate surface area is 261 Å². The summed E-state index contributed by atoms with van der Waals surface area (Å²) in [6, 6.07) is 0. The second-order valence-electron chi connectivity index (χ2n) is 11.0. The van der Waals surface area contributed by atoms with Gasteiger partial charge in [0.2, 0.25) is 0 Å². The van der Waals surface area contributed by atoms with Gasteiger partial charge in [-0.15, -0.1) is 0 Å². The first-order chi connectivity index (χ1) is 20.6. The fourth-order valence-corrected chi connectivity index (χ4v) is 3.78. The summed E-state index contributed by atoms with van der Waals surface area (Å²) in [6.07, 6.45) is 0. The summed E-state index contributed by atoms with van der Waals surface area (Å²) in [5.74, 6) is -0.411. The van der Waals surface area contributed by atoms with E-state index >= 15 is 0 Å². The van der Waals surface area contributed by atoms with Gasteiger partial charge < -0.3 is 51.8 Å². The highest BCUT2D eigenvalue weighted by Crippen LogP contribution is 2.36. The minimum absolute atomic E-state index is 0.202. The standard InChI is InChI=1S/C30H60O12Si/c1-28(2)29(31)41-26-24-39-22-20-37-18-16-35-14-12-33-10-8-32-9-11-34-13-15-36-17-19-38-21-23-40-25-27-42-43(6,7)30(3,4)5/h1,8-27H2,2-7H3. The van der Waals surface area contributed by atoms with Crippen molar-refractivity contribution in [2.24, 2.45) is 0 Å². The van der Waals surface area contributed by atoms with Crippen LogP contribution in [0.25, 0.3) is 0 Å². The van der Waals surface area contributed by atoms with E-state index in [0.717, 1.165) is 0 Å². The van der Waals surface area contributed by atoms with Crippen molar-refractivity contribution < 1.29 is 56.6 Å². The van der Waals surface area contributed by atoms with E-state index in [4.69, 9.17) is 51.8 Å². The summed E-state index contributed by atoms with van der Waals surface area (Å²) < 4.78 is 60.1. The molecule has 0 aromatic carbocycles. The Bertz CT molecular complexity index is 658. The van der Waals surface area contributed by atoms with Crippen molar-refractivity contribution in [3.05, 3.63) is 12.2 Å². The predicted octanol–water partition coefficient (Wildman–Crippen LogP) is 3.28. The zero-order valence-corrected chi connectivity index (χ0v) is 28.7. The van der Waals surface area contributed by atoms with E-state index in [1.165, 1.54) is 0 Å². The van der Waals surface area contributed by atoms with Crippen LogP contribution in [0.3, 0.4) is 0 Å². The fourth-order valence-electron chi connectivity index (χ4n) is 2.75. The Balaban J connectivity index is 3.16. The lowest BCUT2D eigenvalue weighted by Gasteiger charge is -2.36. The quantitative estimate of drug-likeness (QED) is 0.0465. The molecular formula is C30H60O12Si. The zero-order chi connectivity index (χ0) is 32.1. The van der Waals surface area contributed by atoms with Crippen LogP contribution in [0.15, 0.2) is 12.2 Å². The lowest BCUT2D eigenvalue weighted by Crippen LogP contribution is -2.41. The number of rotatable bonds is 32. The van der Waals surface area contributed by atoms with Crippen molar-refractivity contribution in [2.75, 3.05) is 132 Å². The molecule has 0 bridgehead atoms. The summed E-state index contributed by atoms with van der Waals surface area (Å²) in [7, 11) is -1.70. The molecule has 0 radical (unpaired) electrons. The molecule has 12 nitrogen and oxygen atoms in total. The fraction of sp³-hybridized carbons (Fsp3) is 0.900. The molecule has 0 aliphatic carbocycles. The van der Waals surface area contributed by atoms with Gasteiger partial charge in [0.15, 0.2) is 8.32 Å². The van der Waals surface area contributed by atoms with Gasteiger partial charge in [-0.1, -0.05) is 27.4 Å². The average Bonchev–Trinajstić information content (AvgIpc) is 2.95. The number of ether oxygens (including phenoxy) is 10. The first-order valence-electron chi connectivity index (χ1n) is 15.2. The number of hydrogen-bond donors (Lipinski definition) is 0. The third-order valence-electron chi connectivity index (χ3n) is 6.28. The maximum atomic E-state index is 11.2. The molecule has 0 N–H and O–H groups in total. The second-order valence-corrected chi connectivity index (χ2v) is 15.8. The van der Waals surface area contributed by atoms with Gasteiger partial charge in [-0.05, 0) is 25.1 Å². The van der Waals surface area contributed by atoms with Crippen molar-refractivity contribution >= 4 is 14.3 Å². The van der Waals surface area contributed by atoms with Crippen LogP contribution in [-0.2, 0) is 56.6 Å². The molecule has 13 heteroatoms. The van der Waals surface area contributed by atoms with Crippen molar-refractivity contribution in [1.82, 2.24) is 0 Å². The maximum absolute atomic E-state index is 11.2. The molecule has 0 fully saturated rings. The molecule has 0 heterocycles. The molecule has 0 aliphatic rings. The van der Waals surface area contributed by atoms with Gasteiger partial charge in [-0.3, -0.25) is 0 Å². The smallest absolute Gasteiger partial charge is 0.333 e. The number of carbonyl (C=O) groups is 1. The Hall–Kier alpha value is -0.973. The minimum Gasteiger partial charge on any atom is -0.460 e. The highest BCUT2D eigenvalue weighted by molar-refractivity contribution is 6.74. The zero-order valence-electron chi connectivity index (χ0n) is 27.7. The van der Waals surface area contributed by atoms with E-state index < -0.39 is 14.3 Å². The van der Waals surface area contributed by atoms with Crippen LogP contribution in [0.1, 0.15) is 27.7 Å². The largest absolute Gasteiger partial charge is 0.460 e. The van der Waals surface area contributed by atoms with E-state index in [0.29, 0.717) is 131 Å². The Morgan fingerprint density at radius 3 is 0.953 bits per heavy atom. The summed E-state index contributed by atoms with van der Waals surface area (Å²) in [5, 5.41) is 0.215. The van der Waals surface area contributed by atoms with Gasteiger partial charge in [0.1, 0.15) is 6.61 Å². The van der Waals surface area contributed by atoms with Gasteiger partial charge >= 0.3 is 5.97 Å². The Morgan fingerprint density at radius 2 is 0.721 bits per heavy atom. The summed E-state index contributed by atoms with van der Waals surface area (Å²) >= 11 is 0. The van der Waals surface area contributed by atoms with Crippen LogP contribution in [0.2, 0.25) is 18.1 Å². The molecule has 0 rings (SSSR count). The highest BCUT2D eigenvalue weighted by atomic mass is 28.4. The molecule has 0 spiro atoms. The molecule has 256 valence electrons. The van der Waals surface area contributed by atoms with Gasteiger partial charge in [0.05, 0.1) is 126 Å². The first-order valence-corrected chi connectivity index (χ1v) is 18.1. The van der Waals surface area contributed by atoms with Gasteiger partial charge in [-0.25, -0.2) is 4.79 Å². The van der Waals surface area contributed by atoms with E-state index in [2.05, 4.69) is 40.4 Å². The van der Waals surface area contributed by atoms with E-state index in [1.54, 1.807) is 6.92 Å². The van der Waals surface area contributed by atoms with Gasteiger partial charge in [0, 0.05) is 5.57 Å². The second kappa shape index (κ2) is 28.5. The molecular weight excluding hydrogens is 580 g/mol. The molecule has 0 aliphatic heterocycles. The third kappa shape index (κ3) is 28.3. The molecule has 0 aromatic rings. The van der Waals surface area contributed by atoms with E-state index in [9.17, 15) is 4.79 Å². The van der Waals surface area contributed by atoms with Crippen LogP contribution in [0.4, 0.5) is 0 Å². The first kappa shape index (κ1) is 42.0. The van der Waals surface area contributed by atoms with Crippen molar-refractivity contribution in [3.8, 4) is 0 Å². The molecule has 0 amide bonds. The molecule has 43 heavy (non-hydrogen) atoms. The number of esters is 1. The lowest BCUT2D eigenvalue weighted by molar-refractivity contribution is -0.140. The van der Waals surface area contributed by atoms with E-state index in [1.807, 2.05) is 0 Å². The summed E-state index contributed by atoms with van der Waals surface area (Å²) in [5.41, 5.74) is 0.372. The van der Waals surface area contributed by atoms with Crippen molar-refractivity contribution in [2.45, 2.75) is 45.8 Å². The number of hydrogen-bond acceptors (Lipinski definition) is 12. The normalized spacial score (nSPS) is 12.1. The maximum Gasteiger partial charge on any atom is 0.333 e. The van der Waals surface area contributed by atoms with Crippen LogP contribution in [0, 0.1) is 0 Å². The van der Waals surface area contributed by atoms with E-state index in [-0.39, 0.29) is 11.6 Å². The van der Waals surface area contributed by atoms with Gasteiger partial charge in [-0.2, -0.15) is 0 Å². The monoisotopic (exact) mass is 640 g/mol. The molecule has 0 saturated carbocycles. The summed E-state index contributed by atoms with van der Waals surface area (Å²) in [6.45, 7) is 26.0. The summed E-state index contributed by atoms with van der Waals surface area (Å²) in [4.78, 5) is 11.2. The molecule has 0 atom stereocenters. The number of carbonyl (C=O) groups excluding carboxylic acids is 1. The van der Waals surface area contributed by atoms with Crippen LogP contribution in [0.5, 0.6) is 0 Å². The molecule has 0 saturated heterocycles. The molecule has 0 unspecified atom stereocenters. The highest BCUT2D eigenvalue weighted by Gasteiger charge is 2.36. The molecule has 0 aromatic heterocycles. The topological polar surface area (TPSA) is 119 Å². The SMILES string of the molecule is C=C(C)C(=O)OCCOCCOCCOCCOCCOCCOCCOCCOCCOCCO[Si](C)(C)C(C)(C)C. The van der Waals surface area contributed by atoms with Crippen LogP contribution >= 0.6 is 0 Å². The lowest BCUT2D eigenvalue weighted by atomic mass is 10.2. The van der Waals surface area contributed by atoms with Crippen LogP contribution < -0.4 is 0 Å². The third-order valence-corrected chi connectivity index (χ3v) is 10.8. The van der Waals surface area contributed by atoms with Crippen LogP contribution in [-0.4, -0.2) is 146 Å². The Morgan fingerprint density at radius 1 is 0.488 bits per heavy atom.